The number of carbonyl (C=O) groups is 1. The Hall–Kier alpha value is -1.30. The first-order chi connectivity index (χ1) is 6.47. The highest BCUT2D eigenvalue weighted by molar-refractivity contribution is 5.76. The first-order valence-corrected chi connectivity index (χ1v) is 4.39. The lowest BCUT2D eigenvalue weighted by molar-refractivity contribution is -0.142. The van der Waals surface area contributed by atoms with Crippen LogP contribution in [0.4, 0.5) is 0 Å². The Morgan fingerprint density at radius 2 is 2.00 bits per heavy atom. The summed E-state index contributed by atoms with van der Waals surface area (Å²) >= 11 is 0. The van der Waals surface area contributed by atoms with Gasteiger partial charge in [0, 0.05) is 0 Å². The number of carbonyl (C=O) groups excluding carboxylic acids is 1. The fraction of sp³-hybridized carbons (Fsp3) is 0.750. The van der Waals surface area contributed by atoms with Crippen LogP contribution in [0.1, 0.15) is 19.8 Å². The Labute approximate surface area is 83.5 Å². The second kappa shape index (κ2) is 6.20. The standard InChI is InChI=1S/C8H18N4O2/c1-5(12-8(10)11)3-4-6(9)7(13)14-2/h5-6H,3-4,9H2,1-2H3,(H4,10,11,12)/t5?,6-/m0/s1. The molecule has 0 aromatic rings. The maximum absolute atomic E-state index is 10.9. The molecule has 0 heterocycles. The van der Waals surface area contributed by atoms with Crippen molar-refractivity contribution >= 4 is 11.9 Å². The van der Waals surface area contributed by atoms with Gasteiger partial charge in [-0.2, -0.15) is 0 Å². The van der Waals surface area contributed by atoms with Crippen LogP contribution in [0.15, 0.2) is 4.99 Å². The van der Waals surface area contributed by atoms with Crippen LogP contribution < -0.4 is 17.2 Å². The van der Waals surface area contributed by atoms with Crippen LogP contribution >= 0.6 is 0 Å². The van der Waals surface area contributed by atoms with Crippen LogP contribution in [0.5, 0.6) is 0 Å². The van der Waals surface area contributed by atoms with Crippen molar-refractivity contribution in [3.63, 3.8) is 0 Å². The van der Waals surface area contributed by atoms with Crippen molar-refractivity contribution in [2.45, 2.75) is 31.8 Å². The van der Waals surface area contributed by atoms with Gasteiger partial charge >= 0.3 is 5.97 Å². The summed E-state index contributed by atoms with van der Waals surface area (Å²) in [7, 11) is 1.31. The minimum absolute atomic E-state index is 0.0318. The number of nitrogens with two attached hydrogens (primary N) is 3. The van der Waals surface area contributed by atoms with Gasteiger partial charge in [-0.1, -0.05) is 0 Å². The van der Waals surface area contributed by atoms with Crippen molar-refractivity contribution in [1.29, 1.82) is 0 Å². The molecular weight excluding hydrogens is 184 g/mol. The summed E-state index contributed by atoms with van der Waals surface area (Å²) in [5.74, 6) is -0.369. The number of ether oxygens (including phenoxy) is 1. The molecule has 2 atom stereocenters. The van der Waals surface area contributed by atoms with E-state index in [0.29, 0.717) is 12.8 Å². The molecule has 0 amide bonds. The number of methoxy groups -OCH3 is 1. The van der Waals surface area contributed by atoms with Crippen LogP contribution in [0.25, 0.3) is 0 Å². The molecule has 0 radical (unpaired) electrons. The van der Waals surface area contributed by atoms with Crippen LogP contribution in [-0.4, -0.2) is 31.1 Å². The van der Waals surface area contributed by atoms with E-state index in [1.807, 2.05) is 6.92 Å². The SMILES string of the molecule is COC(=O)[C@@H](N)CCC(C)N=C(N)N. The van der Waals surface area contributed by atoms with Gasteiger partial charge in [0.05, 0.1) is 13.2 Å². The highest BCUT2D eigenvalue weighted by Gasteiger charge is 2.14. The summed E-state index contributed by atoms with van der Waals surface area (Å²) in [5, 5.41) is 0. The second-order valence-electron chi connectivity index (χ2n) is 3.11. The number of hydrogen-bond donors (Lipinski definition) is 3. The molecular formula is C8H18N4O2. The largest absolute Gasteiger partial charge is 0.468 e. The molecule has 0 bridgehead atoms. The highest BCUT2D eigenvalue weighted by atomic mass is 16.5. The smallest absolute Gasteiger partial charge is 0.322 e. The van der Waals surface area contributed by atoms with Crippen molar-refractivity contribution in [2.75, 3.05) is 7.11 Å². The Kier molecular flexibility index (Phi) is 5.62. The molecule has 0 saturated carbocycles. The van der Waals surface area contributed by atoms with Crippen molar-refractivity contribution in [2.24, 2.45) is 22.2 Å². The van der Waals surface area contributed by atoms with E-state index in [4.69, 9.17) is 17.2 Å². The second-order valence-corrected chi connectivity index (χ2v) is 3.11. The van der Waals surface area contributed by atoms with Crippen molar-refractivity contribution in [1.82, 2.24) is 0 Å². The quantitative estimate of drug-likeness (QED) is 0.298. The Morgan fingerprint density at radius 3 is 2.43 bits per heavy atom. The normalized spacial score (nSPS) is 14.2. The molecule has 0 aliphatic heterocycles. The average Bonchev–Trinajstić information content (AvgIpc) is 2.11. The van der Waals surface area contributed by atoms with Gasteiger partial charge in [-0.05, 0) is 19.8 Å². The molecule has 0 aliphatic carbocycles. The predicted molar refractivity (Wildman–Crippen MR) is 54.5 cm³/mol. The van der Waals surface area contributed by atoms with Crippen molar-refractivity contribution in [3.05, 3.63) is 0 Å². The lowest BCUT2D eigenvalue weighted by atomic mass is 10.1. The summed E-state index contributed by atoms with van der Waals surface area (Å²) < 4.78 is 4.48. The number of aliphatic imine (C=N–C) groups is 1. The Balaban J connectivity index is 3.83. The Bertz CT molecular complexity index is 213. The van der Waals surface area contributed by atoms with Crippen LogP contribution in [0.3, 0.4) is 0 Å². The monoisotopic (exact) mass is 202 g/mol. The molecule has 14 heavy (non-hydrogen) atoms. The lowest BCUT2D eigenvalue weighted by Crippen LogP contribution is -2.32. The van der Waals surface area contributed by atoms with Gasteiger partial charge in [-0.3, -0.25) is 9.79 Å². The summed E-state index contributed by atoms with van der Waals surface area (Å²) in [5.41, 5.74) is 15.9. The summed E-state index contributed by atoms with van der Waals surface area (Å²) in [6.07, 6.45) is 1.15. The molecule has 0 aliphatic rings. The molecule has 0 aromatic carbocycles. The third kappa shape index (κ3) is 5.36. The van der Waals surface area contributed by atoms with Gasteiger partial charge in [0.1, 0.15) is 6.04 Å². The number of nitrogens with zero attached hydrogens (tertiary/aromatic N) is 1. The molecule has 0 fully saturated rings. The topological polar surface area (TPSA) is 117 Å². The minimum atomic E-state index is -0.600. The fourth-order valence-corrected chi connectivity index (χ4v) is 1.01. The molecule has 0 spiro atoms. The van der Waals surface area contributed by atoms with E-state index in [2.05, 4.69) is 9.73 Å². The molecule has 0 rings (SSSR count). The van der Waals surface area contributed by atoms with E-state index in [1.165, 1.54) is 7.11 Å². The summed E-state index contributed by atoms with van der Waals surface area (Å²) in [4.78, 5) is 14.8. The first kappa shape index (κ1) is 12.7. The predicted octanol–water partition coefficient (Wildman–Crippen LogP) is -1.07. The zero-order valence-electron chi connectivity index (χ0n) is 8.56. The van der Waals surface area contributed by atoms with E-state index in [0.717, 1.165) is 0 Å². The van der Waals surface area contributed by atoms with E-state index in [9.17, 15) is 4.79 Å². The maximum atomic E-state index is 10.9. The molecule has 0 saturated heterocycles. The molecule has 0 aromatic heterocycles. The van der Waals surface area contributed by atoms with Gasteiger partial charge in [-0.15, -0.1) is 0 Å². The van der Waals surface area contributed by atoms with E-state index >= 15 is 0 Å². The van der Waals surface area contributed by atoms with Gasteiger partial charge in [-0.25, -0.2) is 0 Å². The fourth-order valence-electron chi connectivity index (χ4n) is 1.01. The maximum Gasteiger partial charge on any atom is 0.322 e. The number of hydrogen-bond acceptors (Lipinski definition) is 4. The molecule has 82 valence electrons. The van der Waals surface area contributed by atoms with Crippen LogP contribution in [0, 0.1) is 0 Å². The average molecular weight is 202 g/mol. The third-order valence-electron chi connectivity index (χ3n) is 1.77. The molecule has 6 nitrogen and oxygen atoms in total. The highest BCUT2D eigenvalue weighted by Crippen LogP contribution is 2.03. The van der Waals surface area contributed by atoms with Gasteiger partial charge in [0.15, 0.2) is 5.96 Å². The van der Waals surface area contributed by atoms with Gasteiger partial charge < -0.3 is 21.9 Å². The molecule has 6 heteroatoms. The number of rotatable bonds is 5. The zero-order chi connectivity index (χ0) is 11.1. The van der Waals surface area contributed by atoms with E-state index < -0.39 is 12.0 Å². The van der Waals surface area contributed by atoms with Gasteiger partial charge in [0.2, 0.25) is 0 Å². The summed E-state index contributed by atoms with van der Waals surface area (Å²) in [6.45, 7) is 1.85. The number of guanidine groups is 1. The number of esters is 1. The molecule has 6 N–H and O–H groups in total. The van der Waals surface area contributed by atoms with E-state index in [-0.39, 0.29) is 12.0 Å². The van der Waals surface area contributed by atoms with E-state index in [1.54, 1.807) is 0 Å². The van der Waals surface area contributed by atoms with Crippen molar-refractivity contribution in [3.8, 4) is 0 Å². The zero-order valence-corrected chi connectivity index (χ0v) is 8.56. The van der Waals surface area contributed by atoms with Crippen LogP contribution in [0.2, 0.25) is 0 Å². The first-order valence-electron chi connectivity index (χ1n) is 4.39. The Morgan fingerprint density at radius 1 is 1.43 bits per heavy atom. The summed E-state index contributed by atoms with van der Waals surface area (Å²) in [6, 6.07) is -0.632. The van der Waals surface area contributed by atoms with Crippen molar-refractivity contribution < 1.29 is 9.53 Å². The lowest BCUT2D eigenvalue weighted by Gasteiger charge is -2.11. The minimum Gasteiger partial charge on any atom is -0.468 e. The third-order valence-corrected chi connectivity index (χ3v) is 1.77. The van der Waals surface area contributed by atoms with Crippen LogP contribution in [-0.2, 0) is 9.53 Å². The molecule has 1 unspecified atom stereocenters. The van der Waals surface area contributed by atoms with Gasteiger partial charge in [0.25, 0.3) is 0 Å².